The molecule has 1 saturated carbocycles. The van der Waals surface area contributed by atoms with E-state index in [4.69, 9.17) is 0 Å². The monoisotopic (exact) mass is 244 g/mol. The molecule has 0 amide bonds. The van der Waals surface area contributed by atoms with Crippen molar-refractivity contribution in [3.8, 4) is 0 Å². The molecule has 3 rings (SSSR count). The highest BCUT2D eigenvalue weighted by atomic mass is 15.3. The molecule has 1 fully saturated rings. The van der Waals surface area contributed by atoms with Crippen LogP contribution in [0.5, 0.6) is 0 Å². The summed E-state index contributed by atoms with van der Waals surface area (Å²) >= 11 is 0. The summed E-state index contributed by atoms with van der Waals surface area (Å²) < 4.78 is 1.89. The third-order valence-electron chi connectivity index (χ3n) is 3.82. The topological polar surface area (TPSA) is 42.2 Å². The van der Waals surface area contributed by atoms with Crippen LogP contribution in [-0.4, -0.2) is 21.1 Å². The lowest BCUT2D eigenvalue weighted by Gasteiger charge is -2.21. The van der Waals surface area contributed by atoms with Gasteiger partial charge in [-0.1, -0.05) is 25.3 Å². The first kappa shape index (κ1) is 11.5. The summed E-state index contributed by atoms with van der Waals surface area (Å²) in [4.78, 5) is 4.50. The third kappa shape index (κ3) is 2.33. The van der Waals surface area contributed by atoms with E-state index in [0.717, 1.165) is 29.8 Å². The van der Waals surface area contributed by atoms with Crippen LogP contribution in [0.1, 0.15) is 37.8 Å². The zero-order valence-corrected chi connectivity index (χ0v) is 10.9. The average Bonchev–Trinajstić information content (AvgIpc) is 2.82. The van der Waals surface area contributed by atoms with E-state index in [1.165, 1.54) is 32.1 Å². The first-order chi connectivity index (χ1) is 8.83. The fourth-order valence-corrected chi connectivity index (χ4v) is 2.74. The molecule has 0 bridgehead atoms. The molecule has 2 heterocycles. The highest BCUT2D eigenvalue weighted by Crippen LogP contribution is 2.23. The molecule has 1 aliphatic carbocycles. The summed E-state index contributed by atoms with van der Waals surface area (Å²) in [6.07, 6.45) is 6.86. The van der Waals surface area contributed by atoms with Crippen molar-refractivity contribution in [1.82, 2.24) is 14.6 Å². The summed E-state index contributed by atoms with van der Waals surface area (Å²) in [5.41, 5.74) is 2.03. The van der Waals surface area contributed by atoms with Crippen LogP contribution in [-0.2, 0) is 0 Å². The molecule has 4 nitrogen and oxygen atoms in total. The van der Waals surface area contributed by atoms with Gasteiger partial charge in [0.05, 0.1) is 0 Å². The Balaban J connectivity index is 1.69. The second-order valence-corrected chi connectivity index (χ2v) is 5.26. The molecule has 0 unspecified atom stereocenters. The number of anilines is 1. The van der Waals surface area contributed by atoms with Gasteiger partial charge in [-0.25, -0.2) is 4.52 Å². The molecule has 2 aromatic heterocycles. The second-order valence-electron chi connectivity index (χ2n) is 5.26. The van der Waals surface area contributed by atoms with Crippen LogP contribution in [0.4, 0.5) is 5.95 Å². The van der Waals surface area contributed by atoms with Gasteiger partial charge < -0.3 is 5.32 Å². The Hall–Kier alpha value is -1.58. The van der Waals surface area contributed by atoms with Gasteiger partial charge >= 0.3 is 0 Å². The van der Waals surface area contributed by atoms with Crippen molar-refractivity contribution in [1.29, 1.82) is 0 Å². The lowest BCUT2D eigenvalue weighted by atomic mass is 9.89. The molecule has 0 saturated heterocycles. The Kier molecular flexibility index (Phi) is 3.17. The predicted molar refractivity (Wildman–Crippen MR) is 72.8 cm³/mol. The van der Waals surface area contributed by atoms with Crippen molar-refractivity contribution >= 4 is 11.6 Å². The Morgan fingerprint density at radius 2 is 2.11 bits per heavy atom. The van der Waals surface area contributed by atoms with Crippen molar-refractivity contribution in [3.63, 3.8) is 0 Å². The number of aromatic nitrogens is 3. The van der Waals surface area contributed by atoms with Crippen LogP contribution in [0.15, 0.2) is 18.2 Å². The maximum Gasteiger partial charge on any atom is 0.243 e. The lowest BCUT2D eigenvalue weighted by molar-refractivity contribution is 0.373. The number of pyridine rings is 1. The molecule has 4 heteroatoms. The summed E-state index contributed by atoms with van der Waals surface area (Å²) in [7, 11) is 0. The van der Waals surface area contributed by atoms with Crippen molar-refractivity contribution < 1.29 is 0 Å². The Morgan fingerprint density at radius 3 is 2.89 bits per heavy atom. The van der Waals surface area contributed by atoms with E-state index in [2.05, 4.69) is 15.4 Å². The van der Waals surface area contributed by atoms with Gasteiger partial charge in [-0.05, 0) is 37.8 Å². The Morgan fingerprint density at radius 1 is 1.28 bits per heavy atom. The summed E-state index contributed by atoms with van der Waals surface area (Å²) in [6, 6.07) is 6.06. The number of nitrogens with one attached hydrogen (secondary N) is 1. The van der Waals surface area contributed by atoms with E-state index >= 15 is 0 Å². The number of fused-ring (bicyclic) bond motifs is 1. The third-order valence-corrected chi connectivity index (χ3v) is 3.82. The first-order valence-corrected chi connectivity index (χ1v) is 6.89. The molecule has 0 atom stereocenters. The van der Waals surface area contributed by atoms with Crippen LogP contribution < -0.4 is 5.32 Å². The van der Waals surface area contributed by atoms with Gasteiger partial charge in [0.15, 0.2) is 5.65 Å². The maximum absolute atomic E-state index is 4.50. The van der Waals surface area contributed by atoms with Crippen LogP contribution >= 0.6 is 0 Å². The zero-order valence-electron chi connectivity index (χ0n) is 10.9. The summed E-state index contributed by atoms with van der Waals surface area (Å²) in [5, 5.41) is 7.88. The van der Waals surface area contributed by atoms with Crippen LogP contribution in [0.2, 0.25) is 0 Å². The largest absolute Gasteiger partial charge is 0.353 e. The molecule has 0 spiro atoms. The van der Waals surface area contributed by atoms with Crippen LogP contribution in [0.25, 0.3) is 5.65 Å². The fraction of sp³-hybridized carbons (Fsp3) is 0.571. The van der Waals surface area contributed by atoms with Crippen molar-refractivity contribution in [2.75, 3.05) is 11.9 Å². The molecule has 2 aromatic rings. The number of rotatable bonds is 3. The highest BCUT2D eigenvalue weighted by molar-refractivity contribution is 5.44. The molecule has 1 aliphatic rings. The van der Waals surface area contributed by atoms with Gasteiger partial charge in [0.2, 0.25) is 5.95 Å². The van der Waals surface area contributed by atoms with E-state index in [-0.39, 0.29) is 0 Å². The number of nitrogens with zero attached hydrogens (tertiary/aromatic N) is 3. The van der Waals surface area contributed by atoms with Gasteiger partial charge in [0.25, 0.3) is 0 Å². The standard InChI is InChI=1S/C14H20N4/c1-11-6-5-9-13-16-14(17-18(11)13)15-10-12-7-3-2-4-8-12/h5-6,9,12H,2-4,7-8,10H2,1H3,(H,15,17). The normalized spacial score (nSPS) is 17.2. The van der Waals surface area contributed by atoms with Crippen molar-refractivity contribution in [2.45, 2.75) is 39.0 Å². The Bertz CT molecular complexity index is 526. The smallest absolute Gasteiger partial charge is 0.243 e. The van der Waals surface area contributed by atoms with Crippen molar-refractivity contribution in [3.05, 3.63) is 23.9 Å². The fourth-order valence-electron chi connectivity index (χ4n) is 2.74. The first-order valence-electron chi connectivity index (χ1n) is 6.89. The van der Waals surface area contributed by atoms with Gasteiger partial charge in [-0.15, -0.1) is 5.10 Å². The minimum atomic E-state index is 0.759. The van der Waals surface area contributed by atoms with E-state index < -0.39 is 0 Å². The molecule has 96 valence electrons. The SMILES string of the molecule is Cc1cccc2nc(NCC3CCCCC3)nn12. The minimum absolute atomic E-state index is 0.759. The van der Waals surface area contributed by atoms with Gasteiger partial charge in [-0.3, -0.25) is 0 Å². The van der Waals surface area contributed by atoms with Gasteiger partial charge in [-0.2, -0.15) is 4.98 Å². The highest BCUT2D eigenvalue weighted by Gasteiger charge is 2.14. The second kappa shape index (κ2) is 4.96. The maximum atomic E-state index is 4.50. The molecule has 18 heavy (non-hydrogen) atoms. The molecule has 0 radical (unpaired) electrons. The molecular formula is C14H20N4. The molecular weight excluding hydrogens is 224 g/mol. The number of hydrogen-bond acceptors (Lipinski definition) is 3. The summed E-state index contributed by atoms with van der Waals surface area (Å²) in [5.74, 6) is 1.56. The van der Waals surface area contributed by atoms with E-state index in [0.29, 0.717) is 0 Å². The summed E-state index contributed by atoms with van der Waals surface area (Å²) in [6.45, 7) is 3.06. The quantitative estimate of drug-likeness (QED) is 0.902. The van der Waals surface area contributed by atoms with Crippen molar-refractivity contribution in [2.24, 2.45) is 5.92 Å². The molecule has 0 aliphatic heterocycles. The van der Waals surface area contributed by atoms with Crippen LogP contribution in [0.3, 0.4) is 0 Å². The Labute approximate surface area is 107 Å². The number of hydrogen-bond donors (Lipinski definition) is 1. The van der Waals surface area contributed by atoms with E-state index in [1.54, 1.807) is 0 Å². The van der Waals surface area contributed by atoms with Gasteiger partial charge in [0, 0.05) is 12.2 Å². The molecule has 0 aromatic carbocycles. The van der Waals surface area contributed by atoms with E-state index in [1.807, 2.05) is 29.6 Å². The minimum Gasteiger partial charge on any atom is -0.353 e. The van der Waals surface area contributed by atoms with Crippen LogP contribution in [0, 0.1) is 12.8 Å². The zero-order chi connectivity index (χ0) is 12.4. The lowest BCUT2D eigenvalue weighted by Crippen LogP contribution is -2.17. The van der Waals surface area contributed by atoms with E-state index in [9.17, 15) is 0 Å². The van der Waals surface area contributed by atoms with Gasteiger partial charge in [0.1, 0.15) is 0 Å². The number of aryl methyl sites for hydroxylation is 1. The predicted octanol–water partition coefficient (Wildman–Crippen LogP) is 3.03. The average molecular weight is 244 g/mol. The molecule has 1 N–H and O–H groups in total.